The first-order valence-corrected chi connectivity index (χ1v) is 11.5. The Morgan fingerprint density at radius 2 is 1.89 bits per heavy atom. The van der Waals surface area contributed by atoms with Gasteiger partial charge in [-0.2, -0.15) is 4.99 Å². The maximum atomic E-state index is 12.5. The number of allylic oxidation sites excluding steroid dienone is 1. The number of thiazole rings is 1. The van der Waals surface area contributed by atoms with Crippen LogP contribution in [0.5, 0.6) is 0 Å². The fraction of sp³-hybridized carbons (Fsp3) is 0.238. The third-order valence-electron chi connectivity index (χ3n) is 4.35. The van der Waals surface area contributed by atoms with Crippen LogP contribution in [0.15, 0.2) is 58.9 Å². The first-order chi connectivity index (χ1) is 13.2. The summed E-state index contributed by atoms with van der Waals surface area (Å²) < 4.78 is 26.2. The Bertz CT molecular complexity index is 1230. The van der Waals surface area contributed by atoms with Crippen molar-refractivity contribution < 1.29 is 13.2 Å². The van der Waals surface area contributed by atoms with Gasteiger partial charge in [-0.05, 0) is 48.7 Å². The van der Waals surface area contributed by atoms with E-state index in [-0.39, 0.29) is 17.2 Å². The second-order valence-corrected chi connectivity index (χ2v) is 9.81. The van der Waals surface area contributed by atoms with E-state index in [2.05, 4.69) is 30.6 Å². The molecule has 0 saturated carbocycles. The zero-order chi connectivity index (χ0) is 20.5. The number of carbonyl (C=O) groups excluding carboxylic acids is 1. The zero-order valence-electron chi connectivity index (χ0n) is 16.1. The molecule has 3 aromatic rings. The molecule has 0 radical (unpaired) electrons. The molecule has 0 fully saturated rings. The van der Waals surface area contributed by atoms with Crippen LogP contribution in [-0.4, -0.2) is 25.1 Å². The Morgan fingerprint density at radius 3 is 2.50 bits per heavy atom. The molecule has 1 amide bonds. The number of rotatable bonds is 5. The molecule has 0 unspecified atom stereocenters. The summed E-state index contributed by atoms with van der Waals surface area (Å²) in [5, 5.41) is 0. The number of benzene rings is 2. The van der Waals surface area contributed by atoms with Gasteiger partial charge in [0.1, 0.15) is 0 Å². The SMILES string of the molecule is C=CCn1c(=NC(=O)Cc2ccc(S(C)(=O)=O)cc2)sc2c(C)cc(C)cc21. The van der Waals surface area contributed by atoms with Crippen molar-refractivity contribution in [2.24, 2.45) is 4.99 Å². The van der Waals surface area contributed by atoms with Gasteiger partial charge in [-0.25, -0.2) is 8.42 Å². The summed E-state index contributed by atoms with van der Waals surface area (Å²) in [5.74, 6) is -0.272. The minimum atomic E-state index is -3.25. The number of aryl methyl sites for hydroxylation is 2. The summed E-state index contributed by atoms with van der Waals surface area (Å²) in [5.41, 5.74) is 4.09. The van der Waals surface area contributed by atoms with Crippen molar-refractivity contribution in [2.75, 3.05) is 6.26 Å². The van der Waals surface area contributed by atoms with Crippen molar-refractivity contribution in [3.8, 4) is 0 Å². The number of carbonyl (C=O) groups is 1. The predicted molar refractivity (Wildman–Crippen MR) is 113 cm³/mol. The van der Waals surface area contributed by atoms with Crippen LogP contribution in [0.25, 0.3) is 10.2 Å². The van der Waals surface area contributed by atoms with Crippen molar-refractivity contribution in [3.63, 3.8) is 0 Å². The highest BCUT2D eigenvalue weighted by molar-refractivity contribution is 7.90. The highest BCUT2D eigenvalue weighted by Gasteiger charge is 2.11. The quantitative estimate of drug-likeness (QED) is 0.599. The molecule has 0 saturated heterocycles. The molecule has 28 heavy (non-hydrogen) atoms. The van der Waals surface area contributed by atoms with Crippen LogP contribution >= 0.6 is 11.3 Å². The number of amides is 1. The number of sulfone groups is 1. The Hall–Kier alpha value is -2.51. The van der Waals surface area contributed by atoms with Crippen LogP contribution in [0.1, 0.15) is 16.7 Å². The molecule has 3 rings (SSSR count). The summed E-state index contributed by atoms with van der Waals surface area (Å²) in [6, 6.07) is 10.5. The molecule has 1 heterocycles. The van der Waals surface area contributed by atoms with Crippen LogP contribution in [0.3, 0.4) is 0 Å². The molecule has 0 atom stereocenters. The van der Waals surface area contributed by atoms with Gasteiger partial charge in [0.2, 0.25) is 0 Å². The van der Waals surface area contributed by atoms with Crippen molar-refractivity contribution in [1.29, 1.82) is 0 Å². The summed E-state index contributed by atoms with van der Waals surface area (Å²) in [6.07, 6.45) is 3.06. The summed E-state index contributed by atoms with van der Waals surface area (Å²) in [7, 11) is -3.25. The summed E-state index contributed by atoms with van der Waals surface area (Å²) >= 11 is 1.49. The highest BCUT2D eigenvalue weighted by atomic mass is 32.2. The van der Waals surface area contributed by atoms with Gasteiger partial charge >= 0.3 is 0 Å². The standard InChI is InChI=1S/C21H22N2O3S2/c1-5-10-23-18-12-14(2)11-15(3)20(18)27-21(23)22-19(24)13-16-6-8-17(9-7-16)28(4,25)26/h5-9,11-12H,1,10,13H2,2-4H3. The van der Waals surface area contributed by atoms with Gasteiger partial charge in [0.25, 0.3) is 5.91 Å². The van der Waals surface area contributed by atoms with E-state index in [1.165, 1.54) is 23.5 Å². The summed E-state index contributed by atoms with van der Waals surface area (Å²) in [4.78, 5) is 17.7. The lowest BCUT2D eigenvalue weighted by Gasteiger charge is -2.04. The van der Waals surface area contributed by atoms with Crippen molar-refractivity contribution in [3.05, 3.63) is 70.5 Å². The second-order valence-electron chi connectivity index (χ2n) is 6.81. The number of hydrogen-bond donors (Lipinski definition) is 0. The first-order valence-electron chi connectivity index (χ1n) is 8.77. The molecular weight excluding hydrogens is 392 g/mol. The molecule has 0 aliphatic carbocycles. The van der Waals surface area contributed by atoms with Crippen LogP contribution < -0.4 is 4.80 Å². The second kappa shape index (κ2) is 7.85. The minimum Gasteiger partial charge on any atom is -0.312 e. The van der Waals surface area contributed by atoms with Gasteiger partial charge in [0, 0.05) is 12.8 Å². The van der Waals surface area contributed by atoms with Gasteiger partial charge in [-0.1, -0.05) is 35.6 Å². The van der Waals surface area contributed by atoms with Crippen LogP contribution in [-0.2, 0) is 27.6 Å². The van der Waals surface area contributed by atoms with Crippen LogP contribution in [0.4, 0.5) is 0 Å². The largest absolute Gasteiger partial charge is 0.312 e. The smallest absolute Gasteiger partial charge is 0.252 e. The lowest BCUT2D eigenvalue weighted by atomic mass is 10.1. The topological polar surface area (TPSA) is 68.5 Å². The van der Waals surface area contributed by atoms with E-state index < -0.39 is 9.84 Å². The third-order valence-corrected chi connectivity index (χ3v) is 6.71. The molecule has 5 nitrogen and oxygen atoms in total. The highest BCUT2D eigenvalue weighted by Crippen LogP contribution is 2.23. The molecule has 1 aromatic heterocycles. The third kappa shape index (κ3) is 4.31. The molecule has 0 aliphatic heterocycles. The number of aromatic nitrogens is 1. The van der Waals surface area contributed by atoms with E-state index in [1.807, 2.05) is 11.5 Å². The summed E-state index contributed by atoms with van der Waals surface area (Å²) in [6.45, 7) is 8.48. The average Bonchev–Trinajstić information content (AvgIpc) is 2.93. The lowest BCUT2D eigenvalue weighted by Crippen LogP contribution is -2.17. The van der Waals surface area contributed by atoms with Crippen molar-refractivity contribution in [2.45, 2.75) is 31.7 Å². The molecular formula is C21H22N2O3S2. The maximum absolute atomic E-state index is 12.5. The van der Waals surface area contributed by atoms with Crippen molar-refractivity contribution >= 4 is 37.3 Å². The molecule has 7 heteroatoms. The molecule has 0 aliphatic rings. The monoisotopic (exact) mass is 414 g/mol. The Balaban J connectivity index is 1.97. The van der Waals surface area contributed by atoms with E-state index in [4.69, 9.17) is 0 Å². The zero-order valence-corrected chi connectivity index (χ0v) is 17.7. The Morgan fingerprint density at radius 1 is 1.21 bits per heavy atom. The van der Waals surface area contributed by atoms with Crippen LogP contribution in [0.2, 0.25) is 0 Å². The van der Waals surface area contributed by atoms with Gasteiger partial charge in [0.05, 0.1) is 21.5 Å². The van der Waals surface area contributed by atoms with Gasteiger partial charge in [-0.15, -0.1) is 6.58 Å². The van der Waals surface area contributed by atoms with Gasteiger partial charge < -0.3 is 4.57 Å². The number of fused-ring (bicyclic) bond motifs is 1. The van der Waals surface area contributed by atoms with Crippen molar-refractivity contribution in [1.82, 2.24) is 4.57 Å². The number of nitrogens with zero attached hydrogens (tertiary/aromatic N) is 2. The molecule has 2 aromatic carbocycles. The maximum Gasteiger partial charge on any atom is 0.252 e. The normalized spacial score (nSPS) is 12.5. The van der Waals surface area contributed by atoms with E-state index in [1.54, 1.807) is 18.2 Å². The van der Waals surface area contributed by atoms with E-state index in [9.17, 15) is 13.2 Å². The first kappa shape index (κ1) is 20.2. The molecule has 0 bridgehead atoms. The Labute approximate surface area is 168 Å². The lowest BCUT2D eigenvalue weighted by molar-refractivity contribution is -0.117. The van der Waals surface area contributed by atoms with E-state index in [0.29, 0.717) is 11.3 Å². The predicted octanol–water partition coefficient (Wildman–Crippen LogP) is 3.58. The minimum absolute atomic E-state index is 0.115. The number of hydrogen-bond acceptors (Lipinski definition) is 4. The molecule has 146 valence electrons. The van der Waals surface area contributed by atoms with E-state index in [0.717, 1.165) is 33.2 Å². The van der Waals surface area contributed by atoms with E-state index >= 15 is 0 Å². The van der Waals surface area contributed by atoms with Crippen LogP contribution in [0, 0.1) is 13.8 Å². The molecule has 0 spiro atoms. The average molecular weight is 415 g/mol. The molecule has 0 N–H and O–H groups in total. The van der Waals surface area contributed by atoms with Gasteiger partial charge in [0.15, 0.2) is 14.6 Å². The van der Waals surface area contributed by atoms with Gasteiger partial charge in [-0.3, -0.25) is 4.79 Å². The fourth-order valence-electron chi connectivity index (χ4n) is 3.08. The Kier molecular flexibility index (Phi) is 5.67. The fourth-order valence-corrected chi connectivity index (χ4v) is 4.82.